The van der Waals surface area contributed by atoms with Crippen molar-refractivity contribution in [1.29, 1.82) is 0 Å². The Kier molecular flexibility index (Phi) is 5.84. The molecule has 2 rings (SSSR count). The highest BCUT2D eigenvalue weighted by Crippen LogP contribution is 2.11. The molecule has 1 atom stereocenters. The summed E-state index contributed by atoms with van der Waals surface area (Å²) in [5.74, 6) is -0.356. The van der Waals surface area contributed by atoms with Crippen LogP contribution in [-0.2, 0) is 17.8 Å². The molecule has 24 heavy (non-hydrogen) atoms. The fraction of sp³-hybridized carbons (Fsp3) is 0.389. The normalized spacial score (nSPS) is 12.2. The third kappa shape index (κ3) is 5.01. The monoisotopic (exact) mass is 331 g/mol. The van der Waals surface area contributed by atoms with Crippen LogP contribution in [-0.4, -0.2) is 21.7 Å². The summed E-state index contributed by atoms with van der Waals surface area (Å²) in [7, 11) is 0. The zero-order chi connectivity index (χ0) is 17.7. The lowest BCUT2D eigenvalue weighted by atomic mass is 9.96. The SMILES string of the molecule is Cc1ccc(=O)n(CC(=O)N[C@@H](Cc2ccc(F)cc2)C(C)C)n1. The number of carbonyl (C=O) groups is 1. The van der Waals surface area contributed by atoms with Crippen molar-refractivity contribution in [2.75, 3.05) is 0 Å². The summed E-state index contributed by atoms with van der Waals surface area (Å²) in [6, 6.07) is 9.14. The molecule has 1 aromatic carbocycles. The smallest absolute Gasteiger partial charge is 0.267 e. The van der Waals surface area contributed by atoms with E-state index in [4.69, 9.17) is 0 Å². The highest BCUT2D eigenvalue weighted by Gasteiger charge is 2.17. The van der Waals surface area contributed by atoms with Gasteiger partial charge in [-0.15, -0.1) is 0 Å². The van der Waals surface area contributed by atoms with E-state index in [1.165, 1.54) is 18.2 Å². The number of amides is 1. The van der Waals surface area contributed by atoms with Gasteiger partial charge in [0.05, 0.1) is 5.69 Å². The van der Waals surface area contributed by atoms with Crippen LogP contribution in [0.25, 0.3) is 0 Å². The molecule has 0 fully saturated rings. The van der Waals surface area contributed by atoms with Crippen LogP contribution in [0.1, 0.15) is 25.1 Å². The van der Waals surface area contributed by atoms with Crippen molar-refractivity contribution in [1.82, 2.24) is 15.1 Å². The second kappa shape index (κ2) is 7.86. The summed E-state index contributed by atoms with van der Waals surface area (Å²) in [5, 5.41) is 7.00. The van der Waals surface area contributed by atoms with E-state index in [-0.39, 0.29) is 35.8 Å². The predicted molar refractivity (Wildman–Crippen MR) is 90.1 cm³/mol. The predicted octanol–water partition coefficient (Wildman–Crippen LogP) is 2.07. The fourth-order valence-corrected chi connectivity index (χ4v) is 2.38. The van der Waals surface area contributed by atoms with Gasteiger partial charge in [0.25, 0.3) is 5.56 Å². The minimum Gasteiger partial charge on any atom is -0.351 e. The Morgan fingerprint density at radius 2 is 1.88 bits per heavy atom. The van der Waals surface area contributed by atoms with Gasteiger partial charge in [-0.2, -0.15) is 5.10 Å². The number of hydrogen-bond donors (Lipinski definition) is 1. The van der Waals surface area contributed by atoms with Crippen LogP contribution in [0.5, 0.6) is 0 Å². The Hall–Kier alpha value is -2.50. The molecule has 1 amide bonds. The van der Waals surface area contributed by atoms with Gasteiger partial charge in [-0.1, -0.05) is 26.0 Å². The first-order chi connectivity index (χ1) is 11.3. The highest BCUT2D eigenvalue weighted by molar-refractivity contribution is 5.76. The lowest BCUT2D eigenvalue weighted by molar-refractivity contribution is -0.122. The maximum absolute atomic E-state index is 13.0. The topological polar surface area (TPSA) is 64.0 Å². The minimum atomic E-state index is -0.310. The van der Waals surface area contributed by atoms with Crippen LogP contribution < -0.4 is 10.9 Å². The first-order valence-corrected chi connectivity index (χ1v) is 7.93. The van der Waals surface area contributed by atoms with E-state index in [9.17, 15) is 14.0 Å². The molecule has 1 heterocycles. The van der Waals surface area contributed by atoms with Crippen LogP contribution in [0.3, 0.4) is 0 Å². The Morgan fingerprint density at radius 1 is 1.21 bits per heavy atom. The van der Waals surface area contributed by atoms with Crippen LogP contribution in [0.15, 0.2) is 41.2 Å². The van der Waals surface area contributed by atoms with E-state index in [0.717, 1.165) is 10.2 Å². The molecule has 0 aliphatic heterocycles. The molecular formula is C18H22FN3O2. The molecule has 6 heteroatoms. The molecule has 1 N–H and O–H groups in total. The number of aromatic nitrogens is 2. The van der Waals surface area contributed by atoms with Gasteiger partial charge in [0, 0.05) is 12.1 Å². The van der Waals surface area contributed by atoms with Crippen molar-refractivity contribution < 1.29 is 9.18 Å². The molecule has 2 aromatic rings. The minimum absolute atomic E-state index is 0.108. The lowest BCUT2D eigenvalue weighted by Gasteiger charge is -2.22. The standard InChI is InChI=1S/C18H22FN3O2/c1-12(2)16(10-14-5-7-15(19)8-6-14)20-17(23)11-22-18(24)9-4-13(3)21-22/h4-9,12,16H,10-11H2,1-3H3,(H,20,23)/t16-/m0/s1. The second-order valence-corrected chi connectivity index (χ2v) is 6.22. The first kappa shape index (κ1) is 17.8. The number of nitrogens with zero attached hydrogens (tertiary/aromatic N) is 2. The number of aryl methyl sites for hydroxylation is 1. The Labute approximate surface area is 140 Å². The van der Waals surface area contributed by atoms with Gasteiger partial charge >= 0.3 is 0 Å². The van der Waals surface area contributed by atoms with Gasteiger partial charge in [0.2, 0.25) is 5.91 Å². The van der Waals surface area contributed by atoms with Crippen molar-refractivity contribution in [3.63, 3.8) is 0 Å². The van der Waals surface area contributed by atoms with Crippen LogP contribution in [0, 0.1) is 18.7 Å². The number of halogens is 1. The number of benzene rings is 1. The van der Waals surface area contributed by atoms with E-state index in [0.29, 0.717) is 12.1 Å². The molecular weight excluding hydrogens is 309 g/mol. The van der Waals surface area contributed by atoms with Gasteiger partial charge in [0.15, 0.2) is 0 Å². The Morgan fingerprint density at radius 3 is 2.50 bits per heavy atom. The molecule has 0 saturated carbocycles. The third-order valence-corrected chi connectivity index (χ3v) is 3.81. The van der Waals surface area contributed by atoms with Crippen molar-refractivity contribution in [3.05, 3.63) is 63.8 Å². The van der Waals surface area contributed by atoms with E-state index < -0.39 is 0 Å². The molecule has 1 aromatic heterocycles. The molecule has 0 aliphatic rings. The van der Waals surface area contributed by atoms with Crippen LogP contribution >= 0.6 is 0 Å². The van der Waals surface area contributed by atoms with Gasteiger partial charge in [-0.05, 0) is 43.0 Å². The van der Waals surface area contributed by atoms with Gasteiger partial charge < -0.3 is 5.32 Å². The Balaban J connectivity index is 2.04. The van der Waals surface area contributed by atoms with Crippen molar-refractivity contribution >= 4 is 5.91 Å². The van der Waals surface area contributed by atoms with Crippen molar-refractivity contribution in [2.45, 2.75) is 39.8 Å². The van der Waals surface area contributed by atoms with Gasteiger partial charge in [-0.3, -0.25) is 9.59 Å². The summed E-state index contributed by atoms with van der Waals surface area (Å²) in [4.78, 5) is 24.0. The molecule has 0 radical (unpaired) electrons. The molecule has 5 nitrogen and oxygen atoms in total. The van der Waals surface area contributed by atoms with Gasteiger partial charge in [0.1, 0.15) is 12.4 Å². The third-order valence-electron chi connectivity index (χ3n) is 3.81. The summed E-state index contributed by atoms with van der Waals surface area (Å²) >= 11 is 0. The fourth-order valence-electron chi connectivity index (χ4n) is 2.38. The van der Waals surface area contributed by atoms with Crippen LogP contribution in [0.2, 0.25) is 0 Å². The van der Waals surface area contributed by atoms with E-state index >= 15 is 0 Å². The molecule has 0 spiro atoms. The van der Waals surface area contributed by atoms with Crippen LogP contribution in [0.4, 0.5) is 4.39 Å². The average molecular weight is 331 g/mol. The number of nitrogens with one attached hydrogen (secondary N) is 1. The molecule has 0 unspecified atom stereocenters. The zero-order valence-corrected chi connectivity index (χ0v) is 14.1. The summed E-state index contributed by atoms with van der Waals surface area (Å²) in [6.07, 6.45) is 0.597. The molecule has 0 saturated heterocycles. The molecule has 0 bridgehead atoms. The average Bonchev–Trinajstić information content (AvgIpc) is 2.52. The second-order valence-electron chi connectivity index (χ2n) is 6.22. The summed E-state index contributed by atoms with van der Waals surface area (Å²) < 4.78 is 14.1. The Bertz CT molecular complexity index is 754. The number of rotatable bonds is 6. The maximum Gasteiger partial charge on any atom is 0.267 e. The van der Waals surface area contributed by atoms with Gasteiger partial charge in [-0.25, -0.2) is 9.07 Å². The number of carbonyl (C=O) groups excluding carboxylic acids is 1. The molecule has 0 aliphatic carbocycles. The lowest BCUT2D eigenvalue weighted by Crippen LogP contribution is -2.43. The highest BCUT2D eigenvalue weighted by atomic mass is 19.1. The summed E-state index contributed by atoms with van der Waals surface area (Å²) in [6.45, 7) is 5.66. The maximum atomic E-state index is 13.0. The van der Waals surface area contributed by atoms with E-state index in [1.54, 1.807) is 25.1 Å². The molecule has 128 valence electrons. The summed E-state index contributed by atoms with van der Waals surface area (Å²) in [5.41, 5.74) is 1.31. The van der Waals surface area contributed by atoms with Crippen molar-refractivity contribution in [2.24, 2.45) is 5.92 Å². The van der Waals surface area contributed by atoms with Crippen molar-refractivity contribution in [3.8, 4) is 0 Å². The van der Waals surface area contributed by atoms with E-state index in [1.807, 2.05) is 13.8 Å². The quantitative estimate of drug-likeness (QED) is 0.881. The largest absolute Gasteiger partial charge is 0.351 e. The van der Waals surface area contributed by atoms with E-state index in [2.05, 4.69) is 10.4 Å². The number of hydrogen-bond acceptors (Lipinski definition) is 3. The zero-order valence-electron chi connectivity index (χ0n) is 14.1. The first-order valence-electron chi connectivity index (χ1n) is 7.93.